The first-order valence-corrected chi connectivity index (χ1v) is 6.06. The lowest BCUT2D eigenvalue weighted by Gasteiger charge is -2.11. The Morgan fingerprint density at radius 1 is 1.48 bits per heavy atom. The van der Waals surface area contributed by atoms with Gasteiger partial charge in [0.05, 0.1) is 18.4 Å². The summed E-state index contributed by atoms with van der Waals surface area (Å²) in [6.45, 7) is -0.0500. The maximum Gasteiger partial charge on any atom is 0.319 e. The van der Waals surface area contributed by atoms with Gasteiger partial charge in [-0.3, -0.25) is 0 Å². The van der Waals surface area contributed by atoms with Crippen molar-refractivity contribution in [2.75, 3.05) is 11.9 Å². The minimum Gasteiger partial charge on any atom is -0.467 e. The number of benzene rings is 1. The number of carbonyl (C=O) groups is 1. The topological polar surface area (TPSA) is 98.3 Å². The van der Waals surface area contributed by atoms with Crippen LogP contribution in [0.15, 0.2) is 41.0 Å². The highest BCUT2D eigenvalue weighted by Gasteiger charge is 2.12. The van der Waals surface area contributed by atoms with Crippen LogP contribution in [-0.4, -0.2) is 17.7 Å². The predicted molar refractivity (Wildman–Crippen MR) is 71.8 cm³/mol. The largest absolute Gasteiger partial charge is 0.467 e. The molecule has 2 amide bonds. The standard InChI is InChI=1S/C14H12FN3O3/c15-11-4-3-10(6-9(11)7-16)18-14(20)17-8-12(19)13-2-1-5-21-13/h1-6,12,19H,8H2,(H2,17,18,20). The van der Waals surface area contributed by atoms with E-state index in [9.17, 15) is 14.3 Å². The zero-order valence-corrected chi connectivity index (χ0v) is 10.8. The van der Waals surface area contributed by atoms with Crippen LogP contribution in [0.5, 0.6) is 0 Å². The summed E-state index contributed by atoms with van der Waals surface area (Å²) in [5.74, 6) is -0.319. The first-order valence-electron chi connectivity index (χ1n) is 6.06. The molecule has 1 unspecified atom stereocenters. The van der Waals surface area contributed by atoms with Gasteiger partial charge in [0.25, 0.3) is 0 Å². The number of aliphatic hydroxyl groups excluding tert-OH is 1. The van der Waals surface area contributed by atoms with Gasteiger partial charge in [-0.1, -0.05) is 0 Å². The summed E-state index contributed by atoms with van der Waals surface area (Å²) < 4.78 is 18.1. The molecule has 2 aromatic rings. The van der Waals surface area contributed by atoms with Gasteiger partial charge in [0.15, 0.2) is 0 Å². The molecular formula is C14H12FN3O3. The Labute approximate surface area is 119 Å². The first-order chi connectivity index (χ1) is 10.1. The monoisotopic (exact) mass is 289 g/mol. The number of halogens is 1. The number of nitriles is 1. The summed E-state index contributed by atoms with van der Waals surface area (Å²) in [6, 6.07) is 7.95. The Bertz CT molecular complexity index is 665. The van der Waals surface area contributed by atoms with E-state index in [1.54, 1.807) is 18.2 Å². The van der Waals surface area contributed by atoms with E-state index in [0.717, 1.165) is 6.07 Å². The SMILES string of the molecule is N#Cc1cc(NC(=O)NCC(O)c2ccco2)ccc1F. The number of rotatable bonds is 4. The predicted octanol–water partition coefficient (Wildman–Crippen LogP) is 2.15. The number of aliphatic hydroxyl groups is 1. The molecule has 0 spiro atoms. The van der Waals surface area contributed by atoms with Crippen LogP contribution in [-0.2, 0) is 0 Å². The number of hydrogen-bond donors (Lipinski definition) is 3. The van der Waals surface area contributed by atoms with Crippen LogP contribution in [0.4, 0.5) is 14.9 Å². The van der Waals surface area contributed by atoms with Gasteiger partial charge in [0.2, 0.25) is 0 Å². The van der Waals surface area contributed by atoms with Crippen molar-refractivity contribution >= 4 is 11.7 Å². The van der Waals surface area contributed by atoms with Crippen LogP contribution < -0.4 is 10.6 Å². The van der Waals surface area contributed by atoms with E-state index in [0.29, 0.717) is 5.76 Å². The number of nitrogens with zero attached hydrogens (tertiary/aromatic N) is 1. The fraction of sp³-hybridized carbons (Fsp3) is 0.143. The summed E-state index contributed by atoms with van der Waals surface area (Å²) in [4.78, 5) is 11.6. The van der Waals surface area contributed by atoms with Crippen LogP contribution >= 0.6 is 0 Å². The smallest absolute Gasteiger partial charge is 0.319 e. The van der Waals surface area contributed by atoms with E-state index in [2.05, 4.69) is 10.6 Å². The second-order valence-corrected chi connectivity index (χ2v) is 4.17. The minimum atomic E-state index is -0.964. The van der Waals surface area contributed by atoms with E-state index < -0.39 is 18.0 Å². The Morgan fingerprint density at radius 3 is 2.95 bits per heavy atom. The molecule has 0 aliphatic carbocycles. The van der Waals surface area contributed by atoms with Crippen LogP contribution in [0, 0.1) is 17.1 Å². The highest BCUT2D eigenvalue weighted by molar-refractivity contribution is 5.89. The lowest BCUT2D eigenvalue weighted by molar-refractivity contribution is 0.149. The van der Waals surface area contributed by atoms with Crippen molar-refractivity contribution < 1.29 is 18.7 Å². The van der Waals surface area contributed by atoms with Gasteiger partial charge >= 0.3 is 6.03 Å². The summed E-state index contributed by atoms with van der Waals surface area (Å²) in [7, 11) is 0. The molecule has 0 aliphatic rings. The lowest BCUT2D eigenvalue weighted by Crippen LogP contribution is -2.32. The van der Waals surface area contributed by atoms with Crippen molar-refractivity contribution in [2.45, 2.75) is 6.10 Å². The van der Waals surface area contributed by atoms with E-state index in [-0.39, 0.29) is 17.8 Å². The molecule has 1 aromatic heterocycles. The Balaban J connectivity index is 1.89. The van der Waals surface area contributed by atoms with Crippen LogP contribution in [0.2, 0.25) is 0 Å². The molecule has 0 fully saturated rings. The molecule has 0 aliphatic heterocycles. The molecule has 1 aromatic carbocycles. The van der Waals surface area contributed by atoms with Crippen LogP contribution in [0.3, 0.4) is 0 Å². The summed E-state index contributed by atoms with van der Waals surface area (Å²) in [5, 5.41) is 23.3. The van der Waals surface area contributed by atoms with Crippen LogP contribution in [0.25, 0.3) is 0 Å². The minimum absolute atomic E-state index is 0.0500. The fourth-order valence-corrected chi connectivity index (χ4v) is 1.63. The average Bonchev–Trinajstić information content (AvgIpc) is 3.01. The van der Waals surface area contributed by atoms with Crippen LogP contribution in [0.1, 0.15) is 17.4 Å². The quantitative estimate of drug-likeness (QED) is 0.803. The fourth-order valence-electron chi connectivity index (χ4n) is 1.63. The third-order valence-corrected chi connectivity index (χ3v) is 2.67. The van der Waals surface area contributed by atoms with Crippen molar-refractivity contribution in [2.24, 2.45) is 0 Å². The highest BCUT2D eigenvalue weighted by Crippen LogP contribution is 2.14. The van der Waals surface area contributed by atoms with Crippen molar-refractivity contribution in [3.8, 4) is 6.07 Å². The molecule has 21 heavy (non-hydrogen) atoms. The maximum absolute atomic E-state index is 13.1. The molecule has 6 nitrogen and oxygen atoms in total. The molecule has 0 radical (unpaired) electrons. The van der Waals surface area contributed by atoms with Crippen molar-refractivity contribution in [3.63, 3.8) is 0 Å². The van der Waals surface area contributed by atoms with Gasteiger partial charge in [-0.15, -0.1) is 0 Å². The zero-order valence-electron chi connectivity index (χ0n) is 10.8. The Hall–Kier alpha value is -2.85. The number of anilines is 1. The van der Waals surface area contributed by atoms with Gasteiger partial charge in [0, 0.05) is 5.69 Å². The molecule has 1 heterocycles. The van der Waals surface area contributed by atoms with Gasteiger partial charge in [-0.25, -0.2) is 9.18 Å². The second kappa shape index (κ2) is 6.54. The number of nitrogens with one attached hydrogen (secondary N) is 2. The molecule has 0 saturated heterocycles. The van der Waals surface area contributed by atoms with E-state index >= 15 is 0 Å². The van der Waals surface area contributed by atoms with Gasteiger partial charge in [0.1, 0.15) is 23.8 Å². The summed E-state index contributed by atoms with van der Waals surface area (Å²) >= 11 is 0. The van der Waals surface area contributed by atoms with Crippen molar-refractivity contribution in [1.29, 1.82) is 5.26 Å². The molecule has 2 rings (SSSR count). The third kappa shape index (κ3) is 3.81. The first kappa shape index (κ1) is 14.6. The number of urea groups is 1. The van der Waals surface area contributed by atoms with E-state index in [4.69, 9.17) is 9.68 Å². The molecule has 108 valence electrons. The number of amides is 2. The summed E-state index contributed by atoms with van der Waals surface area (Å²) in [5.41, 5.74) is 0.112. The second-order valence-electron chi connectivity index (χ2n) is 4.17. The molecule has 0 bridgehead atoms. The van der Waals surface area contributed by atoms with Crippen molar-refractivity contribution in [1.82, 2.24) is 5.32 Å². The molecule has 0 saturated carbocycles. The third-order valence-electron chi connectivity index (χ3n) is 2.67. The lowest BCUT2D eigenvalue weighted by atomic mass is 10.2. The Kier molecular flexibility index (Phi) is 4.53. The molecule has 7 heteroatoms. The number of hydrogen-bond acceptors (Lipinski definition) is 4. The van der Waals surface area contributed by atoms with Gasteiger partial charge in [-0.2, -0.15) is 5.26 Å². The molecular weight excluding hydrogens is 277 g/mol. The van der Waals surface area contributed by atoms with E-state index in [1.807, 2.05) is 0 Å². The van der Waals surface area contributed by atoms with Crippen molar-refractivity contribution in [3.05, 3.63) is 53.7 Å². The number of furan rings is 1. The zero-order chi connectivity index (χ0) is 15.2. The normalized spacial score (nSPS) is 11.5. The number of carbonyl (C=O) groups excluding carboxylic acids is 1. The Morgan fingerprint density at radius 2 is 2.29 bits per heavy atom. The maximum atomic E-state index is 13.1. The van der Waals surface area contributed by atoms with Gasteiger partial charge < -0.3 is 20.2 Å². The van der Waals surface area contributed by atoms with Gasteiger partial charge in [-0.05, 0) is 30.3 Å². The highest BCUT2D eigenvalue weighted by atomic mass is 19.1. The van der Waals surface area contributed by atoms with E-state index in [1.165, 1.54) is 18.4 Å². The average molecular weight is 289 g/mol. The summed E-state index contributed by atoms with van der Waals surface area (Å²) in [6.07, 6.45) is 0.453. The molecule has 1 atom stereocenters. The molecule has 3 N–H and O–H groups in total.